The van der Waals surface area contributed by atoms with E-state index in [1.165, 1.54) is 0 Å². The van der Waals surface area contributed by atoms with Gasteiger partial charge in [0.25, 0.3) is 0 Å². The molecule has 1 saturated carbocycles. The normalized spacial score (nSPS) is 25.1. The molecule has 4 heteroatoms. The fraction of sp³-hybridized carbons (Fsp3) is 0.944. The Morgan fingerprint density at radius 3 is 2.05 bits per heavy atom. The largest absolute Gasteiger partial charge is 0.444 e. The molecule has 128 valence electrons. The molecule has 0 unspecified atom stereocenters. The number of carbonyl (C=O) groups is 1. The van der Waals surface area contributed by atoms with Gasteiger partial charge < -0.3 is 15.0 Å². The molecule has 22 heavy (non-hydrogen) atoms. The lowest BCUT2D eigenvalue weighted by Gasteiger charge is -2.33. The smallest absolute Gasteiger partial charge is 0.410 e. The van der Waals surface area contributed by atoms with Gasteiger partial charge in [-0.15, -0.1) is 0 Å². The van der Waals surface area contributed by atoms with Gasteiger partial charge >= 0.3 is 6.09 Å². The van der Waals surface area contributed by atoms with Crippen molar-refractivity contribution in [2.75, 3.05) is 19.6 Å². The molecule has 2 aliphatic rings. The Bertz CT molecular complexity index is 401. The molecule has 2 fully saturated rings. The topological polar surface area (TPSA) is 41.6 Å². The first-order valence-electron chi connectivity index (χ1n) is 8.66. The standard InChI is InChI=1S/C18H34N2O2/c1-16(2,3)22-15(21)20-10-8-13(9-11-20)12-19-14-17(4,5)18(14,6)7/h13-14,19H,8-12H2,1-7H3. The van der Waals surface area contributed by atoms with Crippen molar-refractivity contribution in [3.8, 4) is 0 Å². The lowest BCUT2D eigenvalue weighted by atomic mass is 9.97. The van der Waals surface area contributed by atoms with Gasteiger partial charge in [-0.1, -0.05) is 27.7 Å². The minimum atomic E-state index is -0.404. The maximum absolute atomic E-state index is 12.1. The van der Waals surface area contributed by atoms with E-state index in [0.717, 1.165) is 32.5 Å². The van der Waals surface area contributed by atoms with Gasteiger partial charge in [-0.2, -0.15) is 0 Å². The van der Waals surface area contributed by atoms with E-state index in [4.69, 9.17) is 4.74 Å². The van der Waals surface area contributed by atoms with E-state index in [1.807, 2.05) is 25.7 Å². The van der Waals surface area contributed by atoms with Crippen LogP contribution < -0.4 is 5.32 Å². The summed E-state index contributed by atoms with van der Waals surface area (Å²) in [5.74, 6) is 0.672. The van der Waals surface area contributed by atoms with Gasteiger partial charge in [-0.25, -0.2) is 4.79 Å². The molecule has 1 aliphatic heterocycles. The molecule has 1 heterocycles. The number of likely N-dealkylation sites (tertiary alicyclic amines) is 1. The summed E-state index contributed by atoms with van der Waals surface area (Å²) in [6, 6.07) is 0.615. The van der Waals surface area contributed by atoms with Crippen LogP contribution in [0.25, 0.3) is 0 Å². The van der Waals surface area contributed by atoms with Crippen LogP contribution in [0.15, 0.2) is 0 Å². The van der Waals surface area contributed by atoms with Gasteiger partial charge in [-0.05, 0) is 56.9 Å². The number of piperidine rings is 1. The molecule has 1 aliphatic carbocycles. The number of nitrogens with zero attached hydrogens (tertiary/aromatic N) is 1. The molecular formula is C18H34N2O2. The molecule has 0 bridgehead atoms. The molecule has 0 aromatic carbocycles. The van der Waals surface area contributed by atoms with Crippen molar-refractivity contribution < 1.29 is 9.53 Å². The van der Waals surface area contributed by atoms with Gasteiger partial charge in [0.2, 0.25) is 0 Å². The molecule has 1 saturated heterocycles. The SMILES string of the molecule is CC(C)(C)OC(=O)N1CCC(CNC2C(C)(C)C2(C)C)CC1. The molecule has 1 amide bonds. The Morgan fingerprint density at radius 2 is 1.64 bits per heavy atom. The lowest BCUT2D eigenvalue weighted by Crippen LogP contribution is -2.43. The monoisotopic (exact) mass is 310 g/mol. The minimum absolute atomic E-state index is 0.164. The second kappa shape index (κ2) is 5.70. The highest BCUT2D eigenvalue weighted by atomic mass is 16.6. The van der Waals surface area contributed by atoms with E-state index >= 15 is 0 Å². The number of hydrogen-bond acceptors (Lipinski definition) is 3. The zero-order valence-corrected chi connectivity index (χ0v) is 15.5. The van der Waals surface area contributed by atoms with Crippen LogP contribution in [0.2, 0.25) is 0 Å². The number of nitrogens with one attached hydrogen (secondary N) is 1. The van der Waals surface area contributed by atoms with E-state index in [0.29, 0.717) is 22.8 Å². The predicted octanol–water partition coefficient (Wildman–Crippen LogP) is 3.66. The van der Waals surface area contributed by atoms with Gasteiger partial charge in [0.1, 0.15) is 5.60 Å². The fourth-order valence-electron chi connectivity index (χ4n) is 3.64. The first-order chi connectivity index (χ1) is 9.95. The van der Waals surface area contributed by atoms with Crippen LogP contribution in [0.4, 0.5) is 4.79 Å². The minimum Gasteiger partial charge on any atom is -0.444 e. The number of carbonyl (C=O) groups excluding carboxylic acids is 1. The van der Waals surface area contributed by atoms with E-state index in [1.54, 1.807) is 0 Å². The van der Waals surface area contributed by atoms with Crippen LogP contribution in [-0.4, -0.2) is 42.3 Å². The number of hydrogen-bond donors (Lipinski definition) is 1. The molecule has 4 nitrogen and oxygen atoms in total. The third kappa shape index (κ3) is 3.58. The van der Waals surface area contributed by atoms with Crippen LogP contribution in [0.5, 0.6) is 0 Å². The van der Waals surface area contributed by atoms with Gasteiger partial charge in [0.15, 0.2) is 0 Å². The highest BCUT2D eigenvalue weighted by molar-refractivity contribution is 5.68. The number of amides is 1. The first-order valence-corrected chi connectivity index (χ1v) is 8.66. The quantitative estimate of drug-likeness (QED) is 0.865. The Hall–Kier alpha value is -0.770. The van der Waals surface area contributed by atoms with E-state index in [2.05, 4.69) is 33.0 Å². The summed E-state index contributed by atoms with van der Waals surface area (Å²) in [5, 5.41) is 3.75. The third-order valence-electron chi connectivity index (χ3n) is 5.90. The molecule has 0 spiro atoms. The second-order valence-corrected chi connectivity index (χ2v) is 9.20. The van der Waals surface area contributed by atoms with Crippen molar-refractivity contribution in [2.45, 2.75) is 73.0 Å². The maximum Gasteiger partial charge on any atom is 0.410 e. The summed E-state index contributed by atoms with van der Waals surface area (Å²) in [7, 11) is 0. The van der Waals surface area contributed by atoms with Crippen LogP contribution in [0, 0.1) is 16.7 Å². The van der Waals surface area contributed by atoms with Gasteiger partial charge in [-0.3, -0.25) is 0 Å². The van der Waals surface area contributed by atoms with Crippen molar-refractivity contribution in [1.29, 1.82) is 0 Å². The van der Waals surface area contributed by atoms with Crippen molar-refractivity contribution in [3.05, 3.63) is 0 Å². The van der Waals surface area contributed by atoms with E-state index < -0.39 is 5.60 Å². The molecule has 0 radical (unpaired) electrons. The Morgan fingerprint density at radius 1 is 1.14 bits per heavy atom. The molecule has 0 atom stereocenters. The van der Waals surface area contributed by atoms with Gasteiger partial charge in [0, 0.05) is 19.1 Å². The summed E-state index contributed by atoms with van der Waals surface area (Å²) >= 11 is 0. The third-order valence-corrected chi connectivity index (χ3v) is 5.90. The number of ether oxygens (including phenoxy) is 1. The average molecular weight is 310 g/mol. The predicted molar refractivity (Wildman–Crippen MR) is 89.9 cm³/mol. The fourth-order valence-corrected chi connectivity index (χ4v) is 3.64. The van der Waals surface area contributed by atoms with Crippen LogP contribution in [0.3, 0.4) is 0 Å². The number of rotatable bonds is 3. The summed E-state index contributed by atoms with van der Waals surface area (Å²) in [6.07, 6.45) is 1.97. The highest BCUT2D eigenvalue weighted by Crippen LogP contribution is 2.62. The van der Waals surface area contributed by atoms with Crippen molar-refractivity contribution in [3.63, 3.8) is 0 Å². The summed E-state index contributed by atoms with van der Waals surface area (Å²) in [6.45, 7) is 17.8. The second-order valence-electron chi connectivity index (χ2n) is 9.20. The summed E-state index contributed by atoms with van der Waals surface area (Å²) in [5.41, 5.74) is 0.382. The van der Waals surface area contributed by atoms with Crippen molar-refractivity contribution >= 4 is 6.09 Å². The van der Waals surface area contributed by atoms with Crippen molar-refractivity contribution in [2.24, 2.45) is 16.7 Å². The summed E-state index contributed by atoms with van der Waals surface area (Å²) in [4.78, 5) is 13.9. The van der Waals surface area contributed by atoms with Crippen LogP contribution in [0.1, 0.15) is 61.3 Å². The van der Waals surface area contributed by atoms with Crippen molar-refractivity contribution in [1.82, 2.24) is 10.2 Å². The zero-order valence-electron chi connectivity index (χ0n) is 15.5. The van der Waals surface area contributed by atoms with Crippen LogP contribution in [-0.2, 0) is 4.74 Å². The zero-order chi connectivity index (χ0) is 16.8. The molecule has 0 aromatic heterocycles. The Labute approximate surface area is 136 Å². The van der Waals surface area contributed by atoms with Crippen LogP contribution >= 0.6 is 0 Å². The Balaban J connectivity index is 1.71. The van der Waals surface area contributed by atoms with E-state index in [-0.39, 0.29) is 6.09 Å². The van der Waals surface area contributed by atoms with E-state index in [9.17, 15) is 4.79 Å². The first kappa shape index (κ1) is 17.6. The summed E-state index contributed by atoms with van der Waals surface area (Å²) < 4.78 is 5.45. The molecule has 2 rings (SSSR count). The Kier molecular flexibility index (Phi) is 4.55. The highest BCUT2D eigenvalue weighted by Gasteiger charge is 2.64. The molecule has 0 aromatic rings. The average Bonchev–Trinajstić information content (AvgIpc) is 2.75. The lowest BCUT2D eigenvalue weighted by molar-refractivity contribution is 0.0184. The molecule has 1 N–H and O–H groups in total. The van der Waals surface area contributed by atoms with Gasteiger partial charge in [0.05, 0.1) is 0 Å². The molecular weight excluding hydrogens is 276 g/mol. The maximum atomic E-state index is 12.1.